The van der Waals surface area contributed by atoms with Crippen LogP contribution in [0.2, 0.25) is 0 Å². The normalized spacial score (nSPS) is 11.4. The van der Waals surface area contributed by atoms with Crippen LogP contribution in [0.15, 0.2) is 33.5 Å². The number of hydrogen-bond acceptors (Lipinski definition) is 4. The molecular weight excluding hydrogens is 316 g/mol. The third kappa shape index (κ3) is 4.62. The highest BCUT2D eigenvalue weighted by Gasteiger charge is 2.14. The Balaban J connectivity index is 1.47. The number of ether oxygens (including phenoxy) is 1. The largest absolute Gasteiger partial charge is 0.493 e. The molecule has 1 aromatic carbocycles. The van der Waals surface area contributed by atoms with Crippen molar-refractivity contribution >= 4 is 11.0 Å². The van der Waals surface area contributed by atoms with Gasteiger partial charge in [-0.05, 0) is 24.6 Å². The van der Waals surface area contributed by atoms with E-state index in [0.29, 0.717) is 17.0 Å². The predicted octanol–water partition coefficient (Wildman–Crippen LogP) is 5.14. The van der Waals surface area contributed by atoms with E-state index < -0.39 is 0 Å². The zero-order valence-electron chi connectivity index (χ0n) is 14.8. The maximum absolute atomic E-state index is 11.6. The molecule has 0 fully saturated rings. The van der Waals surface area contributed by atoms with Crippen LogP contribution in [0.4, 0.5) is 0 Å². The molecule has 0 aliphatic carbocycles. The van der Waals surface area contributed by atoms with Gasteiger partial charge < -0.3 is 9.15 Å². The van der Waals surface area contributed by atoms with Crippen molar-refractivity contribution in [2.45, 2.75) is 58.3 Å². The summed E-state index contributed by atoms with van der Waals surface area (Å²) in [6.45, 7) is 2.96. The SMILES string of the molecule is CCCCCCCCCCOc1ccc2cc3c(=O)[nH]nc-3oc2c1. The van der Waals surface area contributed by atoms with Crippen molar-refractivity contribution in [2.75, 3.05) is 6.61 Å². The first-order valence-corrected chi connectivity index (χ1v) is 9.32. The molecule has 0 amide bonds. The van der Waals surface area contributed by atoms with E-state index in [9.17, 15) is 4.79 Å². The molecule has 0 atom stereocenters. The minimum Gasteiger partial charge on any atom is -0.493 e. The Morgan fingerprint density at radius 2 is 1.80 bits per heavy atom. The van der Waals surface area contributed by atoms with Crippen LogP contribution in [-0.2, 0) is 0 Å². The Bertz CT molecular complexity index is 821. The minimum absolute atomic E-state index is 0.226. The van der Waals surface area contributed by atoms with Crippen molar-refractivity contribution < 1.29 is 9.15 Å². The number of rotatable bonds is 10. The van der Waals surface area contributed by atoms with E-state index in [-0.39, 0.29) is 5.56 Å². The molecule has 0 saturated carbocycles. The summed E-state index contributed by atoms with van der Waals surface area (Å²) in [5.41, 5.74) is 0.920. The molecule has 3 rings (SSSR count). The topological polar surface area (TPSA) is 68.1 Å². The predicted molar refractivity (Wildman–Crippen MR) is 99.4 cm³/mol. The van der Waals surface area contributed by atoms with Gasteiger partial charge in [0, 0.05) is 11.5 Å². The first kappa shape index (κ1) is 17.5. The average molecular weight is 342 g/mol. The second-order valence-corrected chi connectivity index (χ2v) is 6.54. The van der Waals surface area contributed by atoms with Crippen molar-refractivity contribution in [3.63, 3.8) is 0 Å². The van der Waals surface area contributed by atoms with E-state index in [1.165, 1.54) is 44.9 Å². The molecule has 5 heteroatoms. The monoisotopic (exact) mass is 342 g/mol. The van der Waals surface area contributed by atoms with E-state index >= 15 is 0 Å². The molecule has 0 radical (unpaired) electrons. The molecule has 0 bridgehead atoms. The van der Waals surface area contributed by atoms with E-state index in [0.717, 1.165) is 24.2 Å². The zero-order chi connectivity index (χ0) is 17.5. The molecule has 5 nitrogen and oxygen atoms in total. The fourth-order valence-corrected chi connectivity index (χ4v) is 3.02. The van der Waals surface area contributed by atoms with E-state index in [2.05, 4.69) is 17.1 Å². The Hall–Kier alpha value is -2.30. The molecule has 0 spiro atoms. The number of H-pyrrole nitrogens is 1. The van der Waals surface area contributed by atoms with Crippen molar-refractivity contribution in [1.29, 1.82) is 0 Å². The summed E-state index contributed by atoms with van der Waals surface area (Å²) in [4.78, 5) is 11.6. The number of nitrogens with one attached hydrogen (secondary N) is 1. The number of unbranched alkanes of at least 4 members (excludes halogenated alkanes) is 7. The summed E-state index contributed by atoms with van der Waals surface area (Å²) < 4.78 is 11.5. The number of benzene rings is 1. The molecule has 2 aliphatic rings. The Morgan fingerprint density at radius 3 is 2.60 bits per heavy atom. The summed E-state index contributed by atoms with van der Waals surface area (Å²) in [5, 5.41) is 7.15. The molecule has 25 heavy (non-hydrogen) atoms. The van der Waals surface area contributed by atoms with Crippen LogP contribution in [0.1, 0.15) is 58.3 Å². The fourth-order valence-electron chi connectivity index (χ4n) is 3.02. The number of aromatic nitrogens is 2. The van der Waals surface area contributed by atoms with Crippen molar-refractivity contribution in [1.82, 2.24) is 10.2 Å². The molecule has 1 N–H and O–H groups in total. The first-order chi connectivity index (χ1) is 12.3. The summed E-state index contributed by atoms with van der Waals surface area (Å²) in [6, 6.07) is 7.48. The maximum atomic E-state index is 11.6. The highest BCUT2D eigenvalue weighted by atomic mass is 16.5. The Kier molecular flexibility index (Phi) is 6.09. The molecule has 0 aromatic heterocycles. The van der Waals surface area contributed by atoms with Crippen LogP contribution in [0, 0.1) is 0 Å². The zero-order valence-corrected chi connectivity index (χ0v) is 14.8. The van der Waals surface area contributed by atoms with Crippen LogP contribution in [0.5, 0.6) is 5.75 Å². The highest BCUT2D eigenvalue weighted by molar-refractivity contribution is 5.82. The van der Waals surface area contributed by atoms with Gasteiger partial charge in [0.2, 0.25) is 5.89 Å². The summed E-state index contributed by atoms with van der Waals surface area (Å²) in [7, 11) is 0. The smallest absolute Gasteiger partial charge is 0.277 e. The van der Waals surface area contributed by atoms with Gasteiger partial charge in [0.25, 0.3) is 5.56 Å². The summed E-state index contributed by atoms with van der Waals surface area (Å²) in [6.07, 6.45) is 10.3. The van der Waals surface area contributed by atoms with Gasteiger partial charge in [-0.15, -0.1) is 5.10 Å². The molecule has 2 heterocycles. The fraction of sp³-hybridized carbons (Fsp3) is 0.500. The number of fused-ring (bicyclic) bond motifs is 2. The van der Waals surface area contributed by atoms with E-state index in [4.69, 9.17) is 9.15 Å². The average Bonchev–Trinajstić information content (AvgIpc) is 2.98. The Labute approximate surface area is 147 Å². The lowest BCUT2D eigenvalue weighted by Gasteiger charge is -2.07. The number of nitrogens with zero attached hydrogens (tertiary/aromatic N) is 1. The molecule has 134 valence electrons. The standard InChI is InChI=1S/C20H26N2O3/c1-2-3-4-5-6-7-8-9-12-24-16-11-10-15-13-17-19(23)21-22-20(17)25-18(15)14-16/h10-11,13-14H,2-9,12H2,1H3,(H,21,23). The number of hydrogen-bond donors (Lipinski definition) is 1. The molecular formula is C20H26N2O3. The van der Waals surface area contributed by atoms with Gasteiger partial charge in [-0.1, -0.05) is 51.9 Å². The van der Waals surface area contributed by atoms with Crippen LogP contribution in [0.3, 0.4) is 0 Å². The lowest BCUT2D eigenvalue weighted by Crippen LogP contribution is -1.99. The lowest BCUT2D eigenvalue weighted by molar-refractivity contribution is 0.304. The van der Waals surface area contributed by atoms with Crippen LogP contribution in [-0.4, -0.2) is 16.8 Å². The third-order valence-electron chi connectivity index (χ3n) is 4.49. The molecule has 0 unspecified atom stereocenters. The molecule has 1 aromatic rings. The number of aromatic amines is 1. The maximum Gasteiger partial charge on any atom is 0.277 e. The summed E-state index contributed by atoms with van der Waals surface area (Å²) >= 11 is 0. The minimum atomic E-state index is -0.226. The van der Waals surface area contributed by atoms with Gasteiger partial charge in [0.1, 0.15) is 16.9 Å². The summed E-state index contributed by atoms with van der Waals surface area (Å²) in [5.74, 6) is 1.12. The molecule has 2 aliphatic heterocycles. The van der Waals surface area contributed by atoms with Crippen LogP contribution < -0.4 is 10.3 Å². The van der Waals surface area contributed by atoms with Crippen LogP contribution >= 0.6 is 0 Å². The highest BCUT2D eigenvalue weighted by Crippen LogP contribution is 2.27. The van der Waals surface area contributed by atoms with Gasteiger partial charge in [0.05, 0.1) is 6.61 Å². The quantitative estimate of drug-likeness (QED) is 0.518. The van der Waals surface area contributed by atoms with Crippen molar-refractivity contribution in [3.8, 4) is 17.2 Å². The first-order valence-electron chi connectivity index (χ1n) is 9.32. The second-order valence-electron chi connectivity index (χ2n) is 6.54. The second kappa shape index (κ2) is 8.70. The van der Waals surface area contributed by atoms with Gasteiger partial charge >= 0.3 is 0 Å². The van der Waals surface area contributed by atoms with Gasteiger partial charge in [0.15, 0.2) is 0 Å². The van der Waals surface area contributed by atoms with Gasteiger partial charge in [-0.2, -0.15) is 0 Å². The van der Waals surface area contributed by atoms with Crippen molar-refractivity contribution in [2.24, 2.45) is 0 Å². The molecule has 0 saturated heterocycles. The van der Waals surface area contributed by atoms with E-state index in [1.54, 1.807) is 6.07 Å². The third-order valence-corrected chi connectivity index (χ3v) is 4.49. The van der Waals surface area contributed by atoms with Crippen LogP contribution in [0.25, 0.3) is 22.4 Å². The van der Waals surface area contributed by atoms with Gasteiger partial charge in [-0.3, -0.25) is 4.79 Å². The van der Waals surface area contributed by atoms with Gasteiger partial charge in [-0.25, -0.2) is 5.10 Å². The van der Waals surface area contributed by atoms with Crippen molar-refractivity contribution in [3.05, 3.63) is 34.6 Å². The Morgan fingerprint density at radius 1 is 1.04 bits per heavy atom. The van der Waals surface area contributed by atoms with E-state index in [1.807, 2.05) is 18.2 Å². The lowest BCUT2D eigenvalue weighted by atomic mass is 10.1.